The predicted molar refractivity (Wildman–Crippen MR) is 21.1 cm³/mol. The molecule has 0 aliphatic rings. The number of alkyl halides is 4. The fourth-order valence-electron chi connectivity index (χ4n) is 0.0758. The van der Waals surface area contributed by atoms with Crippen LogP contribution in [0.2, 0.25) is 0 Å². The van der Waals surface area contributed by atoms with E-state index in [1.807, 2.05) is 0 Å². The van der Waals surface area contributed by atoms with Gasteiger partial charge in [-0.1, -0.05) is 0 Å². The van der Waals surface area contributed by atoms with Crippen molar-refractivity contribution in [3.63, 3.8) is 0 Å². The van der Waals surface area contributed by atoms with Crippen LogP contribution in [-0.2, 0) is 5.11 Å². The van der Waals surface area contributed by atoms with Gasteiger partial charge in [0.25, 0.3) is 0 Å². The van der Waals surface area contributed by atoms with E-state index >= 15 is 0 Å². The summed E-state index contributed by atoms with van der Waals surface area (Å²) in [6, 6.07) is 0. The Morgan fingerprint density at radius 2 is 1.67 bits per heavy atom. The van der Waals surface area contributed by atoms with Crippen LogP contribution in [0, 0.1) is 0 Å². The molecular formula is C4H5F4O. The minimum absolute atomic E-state index is 0.271. The van der Waals surface area contributed by atoms with Crippen molar-refractivity contribution in [1.82, 2.24) is 0 Å². The summed E-state index contributed by atoms with van der Waals surface area (Å²) in [7, 11) is 0. The molecule has 0 rings (SSSR count). The number of rotatable bonds is 1. The first-order valence-corrected chi connectivity index (χ1v) is 2.14. The van der Waals surface area contributed by atoms with E-state index < -0.39 is 18.5 Å². The molecule has 0 saturated carbocycles. The lowest BCUT2D eigenvalue weighted by molar-refractivity contribution is -0.278. The van der Waals surface area contributed by atoms with Gasteiger partial charge in [0.15, 0.2) is 0 Å². The molecule has 0 aliphatic heterocycles. The average Bonchev–Trinajstić information content (AvgIpc) is 1.64. The Bertz CT molecular complexity index is 95.2. The van der Waals surface area contributed by atoms with E-state index in [1.54, 1.807) is 0 Å². The van der Waals surface area contributed by atoms with Crippen LogP contribution in [0.25, 0.3) is 0 Å². The van der Waals surface area contributed by atoms with Crippen LogP contribution >= 0.6 is 0 Å². The number of hydrogen-bond donors (Lipinski definition) is 0. The zero-order valence-electron chi connectivity index (χ0n) is 4.63. The van der Waals surface area contributed by atoms with Gasteiger partial charge >= 0.3 is 6.18 Å². The monoisotopic (exact) mass is 145 g/mol. The SMILES string of the molecule is CC([O])(CF)C(F)(F)F. The molecule has 1 atom stereocenters. The summed E-state index contributed by atoms with van der Waals surface area (Å²) in [6.07, 6.45) is -4.98. The highest BCUT2D eigenvalue weighted by molar-refractivity contribution is 4.79. The fourth-order valence-corrected chi connectivity index (χ4v) is 0.0758. The Hall–Kier alpha value is -0.320. The standard InChI is InChI=1S/C4H5F4O/c1-3(9,2-5)4(6,7)8/h2H2,1H3. The van der Waals surface area contributed by atoms with Crippen molar-refractivity contribution in [2.24, 2.45) is 0 Å². The highest BCUT2D eigenvalue weighted by Gasteiger charge is 2.52. The highest BCUT2D eigenvalue weighted by Crippen LogP contribution is 2.30. The van der Waals surface area contributed by atoms with E-state index in [4.69, 9.17) is 0 Å². The van der Waals surface area contributed by atoms with Crippen LogP contribution in [-0.4, -0.2) is 18.5 Å². The Morgan fingerprint density at radius 3 is 1.67 bits per heavy atom. The lowest BCUT2D eigenvalue weighted by Crippen LogP contribution is -2.42. The second-order valence-electron chi connectivity index (χ2n) is 1.86. The topological polar surface area (TPSA) is 19.9 Å². The zero-order valence-corrected chi connectivity index (χ0v) is 4.63. The first kappa shape index (κ1) is 8.68. The highest BCUT2D eigenvalue weighted by atomic mass is 19.4. The Morgan fingerprint density at radius 1 is 1.33 bits per heavy atom. The van der Waals surface area contributed by atoms with Crippen LogP contribution in [0.1, 0.15) is 6.92 Å². The third kappa shape index (κ3) is 1.82. The Labute approximate surface area is 49.3 Å². The Kier molecular flexibility index (Phi) is 2.06. The molecule has 0 spiro atoms. The maximum absolute atomic E-state index is 11.3. The van der Waals surface area contributed by atoms with Crippen molar-refractivity contribution >= 4 is 0 Å². The number of hydrogen-bond acceptors (Lipinski definition) is 0. The van der Waals surface area contributed by atoms with Crippen LogP contribution in [0.4, 0.5) is 17.6 Å². The minimum atomic E-state index is -4.98. The van der Waals surface area contributed by atoms with Crippen molar-refractivity contribution < 1.29 is 22.7 Å². The average molecular weight is 145 g/mol. The third-order valence-electron chi connectivity index (χ3n) is 0.855. The summed E-state index contributed by atoms with van der Waals surface area (Å²) in [5.41, 5.74) is -3.44. The van der Waals surface area contributed by atoms with Gasteiger partial charge in [-0.15, -0.1) is 0 Å². The van der Waals surface area contributed by atoms with Crippen molar-refractivity contribution in [3.8, 4) is 0 Å². The van der Waals surface area contributed by atoms with Crippen LogP contribution in [0.5, 0.6) is 0 Å². The molecule has 0 fully saturated rings. The van der Waals surface area contributed by atoms with E-state index in [0.717, 1.165) is 0 Å². The first-order valence-electron chi connectivity index (χ1n) is 2.14. The summed E-state index contributed by atoms with van der Waals surface area (Å²) in [5.74, 6) is 0. The largest absolute Gasteiger partial charge is 0.422 e. The van der Waals surface area contributed by atoms with Gasteiger partial charge in [-0.2, -0.15) is 13.2 Å². The molecule has 55 valence electrons. The molecule has 0 aliphatic carbocycles. The molecule has 0 bridgehead atoms. The summed E-state index contributed by atoms with van der Waals surface area (Å²) < 4.78 is 45.1. The van der Waals surface area contributed by atoms with E-state index in [9.17, 15) is 22.7 Å². The van der Waals surface area contributed by atoms with Crippen molar-refractivity contribution in [2.75, 3.05) is 6.67 Å². The minimum Gasteiger partial charge on any atom is -0.247 e. The van der Waals surface area contributed by atoms with E-state index in [2.05, 4.69) is 0 Å². The van der Waals surface area contributed by atoms with Gasteiger partial charge in [0.2, 0.25) is 5.60 Å². The van der Waals surface area contributed by atoms with Crippen molar-refractivity contribution in [1.29, 1.82) is 0 Å². The second-order valence-corrected chi connectivity index (χ2v) is 1.86. The quantitative estimate of drug-likeness (QED) is 0.500. The zero-order chi connectivity index (χ0) is 7.71. The summed E-state index contributed by atoms with van der Waals surface area (Å²) >= 11 is 0. The van der Waals surface area contributed by atoms with Gasteiger partial charge in [-0.3, -0.25) is 0 Å². The Balaban J connectivity index is 4.14. The first-order chi connectivity index (χ1) is 3.81. The van der Waals surface area contributed by atoms with Gasteiger partial charge in [-0.25, -0.2) is 9.50 Å². The maximum Gasteiger partial charge on any atom is 0.422 e. The molecule has 0 aromatic rings. The molecule has 0 heterocycles. The maximum atomic E-state index is 11.3. The van der Waals surface area contributed by atoms with Crippen molar-refractivity contribution in [2.45, 2.75) is 18.7 Å². The van der Waals surface area contributed by atoms with Crippen LogP contribution < -0.4 is 0 Å². The van der Waals surface area contributed by atoms with Gasteiger partial charge in [-0.05, 0) is 6.92 Å². The van der Waals surface area contributed by atoms with Crippen LogP contribution in [0.3, 0.4) is 0 Å². The smallest absolute Gasteiger partial charge is 0.247 e. The van der Waals surface area contributed by atoms with E-state index in [0.29, 0.717) is 0 Å². The molecule has 1 unspecified atom stereocenters. The van der Waals surface area contributed by atoms with Gasteiger partial charge in [0.05, 0.1) is 0 Å². The van der Waals surface area contributed by atoms with Crippen LogP contribution in [0.15, 0.2) is 0 Å². The normalized spacial score (nSPS) is 19.3. The molecule has 0 N–H and O–H groups in total. The lowest BCUT2D eigenvalue weighted by Gasteiger charge is -2.19. The summed E-state index contributed by atoms with van der Waals surface area (Å²) in [4.78, 5) is 0. The summed E-state index contributed by atoms with van der Waals surface area (Å²) in [5, 5.41) is 9.99. The van der Waals surface area contributed by atoms with Gasteiger partial charge in [0, 0.05) is 0 Å². The molecule has 1 nitrogen and oxygen atoms in total. The van der Waals surface area contributed by atoms with E-state index in [1.165, 1.54) is 0 Å². The van der Waals surface area contributed by atoms with Crippen molar-refractivity contribution in [3.05, 3.63) is 0 Å². The lowest BCUT2D eigenvalue weighted by atomic mass is 10.1. The third-order valence-corrected chi connectivity index (χ3v) is 0.855. The molecule has 9 heavy (non-hydrogen) atoms. The molecule has 1 radical (unpaired) electrons. The molecule has 5 heteroatoms. The molecule has 0 aromatic heterocycles. The van der Waals surface area contributed by atoms with Gasteiger partial charge < -0.3 is 0 Å². The predicted octanol–water partition coefficient (Wildman–Crippen LogP) is 1.71. The van der Waals surface area contributed by atoms with E-state index in [-0.39, 0.29) is 6.92 Å². The molecule has 0 saturated heterocycles. The summed E-state index contributed by atoms with van der Waals surface area (Å²) in [6.45, 7) is -1.65. The molecule has 0 aromatic carbocycles. The van der Waals surface area contributed by atoms with Gasteiger partial charge in [0.1, 0.15) is 6.67 Å². The molecular weight excluding hydrogens is 140 g/mol. The molecule has 0 amide bonds. The fraction of sp³-hybridized carbons (Fsp3) is 1.00. The second kappa shape index (κ2) is 2.13. The number of halogens is 4.